The molecule has 0 aliphatic heterocycles. The summed E-state index contributed by atoms with van der Waals surface area (Å²) in [6, 6.07) is 12.2. The molecule has 5 rings (SSSR count). The molecule has 174 valence electrons. The predicted octanol–water partition coefficient (Wildman–Crippen LogP) is 6.83. The molecule has 1 N–H and O–H groups in total. The van der Waals surface area contributed by atoms with E-state index < -0.39 is 0 Å². The Balaban J connectivity index is 1.33. The number of Topliss-reactive ketones (excluding diaryl/α,β-unsaturated/α-hetero) is 1. The number of hydrogen-bond donors (Lipinski definition) is 1. The monoisotopic (exact) mass is 471 g/mol. The first-order chi connectivity index (χ1) is 16.5. The van der Waals surface area contributed by atoms with Gasteiger partial charge in [0.15, 0.2) is 11.6 Å². The van der Waals surface area contributed by atoms with Crippen LogP contribution in [0.4, 0.5) is 11.5 Å². The van der Waals surface area contributed by atoms with Crippen molar-refractivity contribution >= 4 is 38.8 Å². The molecule has 1 saturated carbocycles. The number of nitrogens with one attached hydrogen (secondary N) is 1. The van der Waals surface area contributed by atoms with Crippen molar-refractivity contribution in [1.29, 1.82) is 0 Å². The Morgan fingerprint density at radius 3 is 2.79 bits per heavy atom. The van der Waals surface area contributed by atoms with Crippen molar-refractivity contribution < 1.29 is 9.53 Å². The van der Waals surface area contributed by atoms with Crippen LogP contribution in [-0.4, -0.2) is 22.9 Å². The van der Waals surface area contributed by atoms with Gasteiger partial charge in [-0.1, -0.05) is 18.2 Å². The Bertz CT molecular complexity index is 1360. The van der Waals surface area contributed by atoms with E-state index >= 15 is 0 Å². The average Bonchev–Trinajstić information content (AvgIpc) is 3.56. The van der Waals surface area contributed by atoms with Crippen LogP contribution < -0.4 is 10.1 Å². The third-order valence-corrected chi connectivity index (χ3v) is 7.66. The second kappa shape index (κ2) is 9.55. The van der Waals surface area contributed by atoms with Gasteiger partial charge in [-0.15, -0.1) is 11.3 Å². The standard InChI is InChI=1S/C28H29N3O2S/c1-17-11-23(14-25(33-3)18(17)2)31-28-27-26(29-16-30-28)22(15-34-27)10-9-19-5-4-6-21(12-19)24(32)13-20-7-8-20/h4-6,11-12,14-16,20H,7-10,13H2,1-3H3,(H,29,30,31). The summed E-state index contributed by atoms with van der Waals surface area (Å²) in [6.07, 6.45) is 6.46. The van der Waals surface area contributed by atoms with Crippen LogP contribution in [0.1, 0.15) is 51.9 Å². The molecule has 6 heteroatoms. The minimum Gasteiger partial charge on any atom is -0.496 e. The fourth-order valence-corrected chi connectivity index (χ4v) is 5.30. The number of fused-ring (bicyclic) bond motifs is 1. The van der Waals surface area contributed by atoms with E-state index in [1.807, 2.05) is 18.2 Å². The minimum absolute atomic E-state index is 0.275. The van der Waals surface area contributed by atoms with Crippen molar-refractivity contribution in [2.75, 3.05) is 12.4 Å². The summed E-state index contributed by atoms with van der Waals surface area (Å²) in [5, 5.41) is 5.63. The summed E-state index contributed by atoms with van der Waals surface area (Å²) >= 11 is 1.66. The number of carbonyl (C=O) groups is 1. The van der Waals surface area contributed by atoms with E-state index in [0.29, 0.717) is 12.3 Å². The van der Waals surface area contributed by atoms with E-state index in [1.165, 1.54) is 24.0 Å². The molecule has 5 nitrogen and oxygen atoms in total. The number of benzene rings is 2. The number of rotatable bonds is 9. The van der Waals surface area contributed by atoms with Crippen LogP contribution in [0.3, 0.4) is 0 Å². The highest BCUT2D eigenvalue weighted by molar-refractivity contribution is 7.18. The van der Waals surface area contributed by atoms with Crippen molar-refractivity contribution in [2.45, 2.75) is 46.0 Å². The highest BCUT2D eigenvalue weighted by Crippen LogP contribution is 2.35. The van der Waals surface area contributed by atoms with E-state index in [2.05, 4.69) is 52.7 Å². The summed E-state index contributed by atoms with van der Waals surface area (Å²) in [4.78, 5) is 21.6. The number of ketones is 1. The lowest BCUT2D eigenvalue weighted by Crippen LogP contribution is -2.01. The molecule has 1 fully saturated rings. The fourth-order valence-electron chi connectivity index (χ4n) is 4.30. The number of carbonyl (C=O) groups excluding carboxylic acids is 1. The summed E-state index contributed by atoms with van der Waals surface area (Å²) in [5.74, 6) is 2.55. The molecule has 0 unspecified atom stereocenters. The van der Waals surface area contributed by atoms with Crippen LogP contribution in [0.25, 0.3) is 10.2 Å². The number of anilines is 2. The first-order valence-corrected chi connectivity index (χ1v) is 12.6. The first kappa shape index (κ1) is 22.5. The summed E-state index contributed by atoms with van der Waals surface area (Å²) in [6.45, 7) is 4.14. The molecule has 4 aromatic rings. The topological polar surface area (TPSA) is 64.1 Å². The van der Waals surface area contributed by atoms with Gasteiger partial charge in [0.2, 0.25) is 0 Å². The number of aryl methyl sites for hydroxylation is 3. The van der Waals surface area contributed by atoms with Gasteiger partial charge in [0.1, 0.15) is 12.1 Å². The van der Waals surface area contributed by atoms with Gasteiger partial charge < -0.3 is 10.1 Å². The Morgan fingerprint density at radius 1 is 1.15 bits per heavy atom. The van der Waals surface area contributed by atoms with Gasteiger partial charge in [0.25, 0.3) is 0 Å². The van der Waals surface area contributed by atoms with Gasteiger partial charge in [-0.05, 0) is 85.2 Å². The number of ether oxygens (including phenoxy) is 1. The molecule has 2 aromatic carbocycles. The normalized spacial score (nSPS) is 13.3. The smallest absolute Gasteiger partial charge is 0.163 e. The van der Waals surface area contributed by atoms with Crippen molar-refractivity contribution in [3.63, 3.8) is 0 Å². The Hall–Kier alpha value is -3.25. The predicted molar refractivity (Wildman–Crippen MR) is 139 cm³/mol. The minimum atomic E-state index is 0.275. The molecule has 0 saturated heterocycles. The largest absolute Gasteiger partial charge is 0.496 e. The van der Waals surface area contributed by atoms with Gasteiger partial charge in [-0.3, -0.25) is 4.79 Å². The maximum atomic E-state index is 12.5. The maximum absolute atomic E-state index is 12.5. The molecular formula is C28H29N3O2S. The van der Waals surface area contributed by atoms with Crippen LogP contribution >= 0.6 is 11.3 Å². The molecule has 0 radical (unpaired) electrons. The van der Waals surface area contributed by atoms with Crippen LogP contribution in [0, 0.1) is 19.8 Å². The second-order valence-electron chi connectivity index (χ2n) is 9.18. The lowest BCUT2D eigenvalue weighted by atomic mass is 10.00. The third kappa shape index (κ3) is 4.82. The molecule has 0 spiro atoms. The zero-order valence-electron chi connectivity index (χ0n) is 19.9. The highest BCUT2D eigenvalue weighted by atomic mass is 32.1. The Morgan fingerprint density at radius 2 is 2.00 bits per heavy atom. The molecule has 0 amide bonds. The van der Waals surface area contributed by atoms with Gasteiger partial charge in [0, 0.05) is 23.7 Å². The SMILES string of the molecule is COc1cc(Nc2ncnc3c(CCc4cccc(C(=O)CC5CC5)c4)csc23)cc(C)c1C. The van der Waals surface area contributed by atoms with Crippen LogP contribution in [0.2, 0.25) is 0 Å². The average molecular weight is 472 g/mol. The number of thiophene rings is 1. The molecule has 0 atom stereocenters. The highest BCUT2D eigenvalue weighted by Gasteiger charge is 2.25. The molecule has 34 heavy (non-hydrogen) atoms. The molecule has 1 aliphatic carbocycles. The lowest BCUT2D eigenvalue weighted by molar-refractivity contribution is 0.0976. The zero-order chi connectivity index (χ0) is 23.7. The number of aromatic nitrogens is 2. The quantitative estimate of drug-likeness (QED) is 0.271. The number of hydrogen-bond acceptors (Lipinski definition) is 6. The zero-order valence-corrected chi connectivity index (χ0v) is 20.7. The Kier molecular flexibility index (Phi) is 6.33. The summed E-state index contributed by atoms with van der Waals surface area (Å²) < 4.78 is 6.57. The molecule has 0 bridgehead atoms. The van der Waals surface area contributed by atoms with E-state index in [1.54, 1.807) is 24.8 Å². The molecular weight excluding hydrogens is 442 g/mol. The van der Waals surface area contributed by atoms with E-state index in [4.69, 9.17) is 4.74 Å². The van der Waals surface area contributed by atoms with Gasteiger partial charge in [-0.25, -0.2) is 9.97 Å². The first-order valence-electron chi connectivity index (χ1n) is 11.8. The van der Waals surface area contributed by atoms with Gasteiger partial charge >= 0.3 is 0 Å². The van der Waals surface area contributed by atoms with Gasteiger partial charge in [-0.2, -0.15) is 0 Å². The van der Waals surface area contributed by atoms with Crippen LogP contribution in [0.5, 0.6) is 5.75 Å². The second-order valence-corrected chi connectivity index (χ2v) is 10.1. The fraction of sp³-hybridized carbons (Fsp3) is 0.321. The van der Waals surface area contributed by atoms with Crippen LogP contribution in [0.15, 0.2) is 48.1 Å². The molecule has 2 heterocycles. The van der Waals surface area contributed by atoms with Crippen LogP contribution in [-0.2, 0) is 12.8 Å². The van der Waals surface area contributed by atoms with Crippen molar-refractivity contribution in [2.24, 2.45) is 5.92 Å². The third-order valence-electron chi connectivity index (χ3n) is 6.63. The van der Waals surface area contributed by atoms with Crippen molar-refractivity contribution in [3.8, 4) is 5.75 Å². The van der Waals surface area contributed by atoms with E-state index in [0.717, 1.165) is 57.0 Å². The van der Waals surface area contributed by atoms with Crippen molar-refractivity contribution in [3.05, 3.63) is 75.9 Å². The Labute approximate surface area is 204 Å². The van der Waals surface area contributed by atoms with Gasteiger partial charge in [0.05, 0.1) is 17.3 Å². The molecule has 1 aliphatic rings. The van der Waals surface area contributed by atoms with E-state index in [-0.39, 0.29) is 5.78 Å². The lowest BCUT2D eigenvalue weighted by Gasteiger charge is -2.12. The summed E-state index contributed by atoms with van der Waals surface area (Å²) in [7, 11) is 1.69. The molecule has 2 aromatic heterocycles. The van der Waals surface area contributed by atoms with E-state index in [9.17, 15) is 4.79 Å². The number of methoxy groups -OCH3 is 1. The number of nitrogens with zero attached hydrogens (tertiary/aromatic N) is 2. The van der Waals surface area contributed by atoms with Crippen molar-refractivity contribution in [1.82, 2.24) is 9.97 Å². The maximum Gasteiger partial charge on any atom is 0.163 e. The summed E-state index contributed by atoms with van der Waals surface area (Å²) in [5.41, 5.74) is 7.47.